The van der Waals surface area contributed by atoms with Crippen LogP contribution in [0.3, 0.4) is 0 Å². The van der Waals surface area contributed by atoms with Crippen LogP contribution in [0.5, 0.6) is 0 Å². The Morgan fingerprint density at radius 3 is 1.95 bits per heavy atom. The van der Waals surface area contributed by atoms with Crippen LogP contribution in [-0.4, -0.2) is 5.78 Å². The van der Waals surface area contributed by atoms with E-state index in [0.29, 0.717) is 11.8 Å². The van der Waals surface area contributed by atoms with E-state index in [1.807, 2.05) is 12.1 Å². The summed E-state index contributed by atoms with van der Waals surface area (Å²) in [5, 5.41) is 0. The molecule has 0 spiro atoms. The summed E-state index contributed by atoms with van der Waals surface area (Å²) in [4.78, 5) is 11.4. The molecule has 0 radical (unpaired) electrons. The molecule has 0 aliphatic heterocycles. The maximum atomic E-state index is 11.4. The van der Waals surface area contributed by atoms with E-state index in [4.69, 9.17) is 0 Å². The highest BCUT2D eigenvalue weighted by molar-refractivity contribution is 5.94. The van der Waals surface area contributed by atoms with Gasteiger partial charge in [0.05, 0.1) is 0 Å². The quantitative estimate of drug-likeness (QED) is 0.646. The number of rotatable bonds is 4. The number of benzene rings is 2. The normalized spacial score (nSPS) is 11.2. The zero-order chi connectivity index (χ0) is 15.6. The molecule has 0 N–H and O–H groups in total. The van der Waals surface area contributed by atoms with Gasteiger partial charge in [-0.05, 0) is 41.0 Å². The largest absolute Gasteiger partial charge is 0.295 e. The molecule has 0 aromatic heterocycles. The van der Waals surface area contributed by atoms with Crippen molar-refractivity contribution >= 4 is 5.78 Å². The molecule has 1 nitrogen and oxygen atoms in total. The Kier molecular flexibility index (Phi) is 4.62. The molecule has 2 aromatic rings. The van der Waals surface area contributed by atoms with Crippen LogP contribution in [0.1, 0.15) is 67.9 Å². The third-order valence-electron chi connectivity index (χ3n) is 3.94. The first-order valence-electron chi connectivity index (χ1n) is 7.66. The fourth-order valence-corrected chi connectivity index (χ4v) is 2.87. The second kappa shape index (κ2) is 6.26. The summed E-state index contributed by atoms with van der Waals surface area (Å²) in [6.07, 6.45) is 0. The van der Waals surface area contributed by atoms with Crippen molar-refractivity contribution in [1.29, 1.82) is 0 Å². The van der Waals surface area contributed by atoms with Crippen molar-refractivity contribution in [3.8, 4) is 11.1 Å². The van der Waals surface area contributed by atoms with E-state index in [1.165, 1.54) is 22.3 Å². The molecular formula is C20H24O. The van der Waals surface area contributed by atoms with Gasteiger partial charge in [0, 0.05) is 5.56 Å². The molecule has 0 saturated heterocycles. The smallest absolute Gasteiger partial charge is 0.159 e. The minimum absolute atomic E-state index is 0.113. The van der Waals surface area contributed by atoms with Crippen molar-refractivity contribution in [2.45, 2.75) is 46.5 Å². The molecule has 0 aliphatic rings. The summed E-state index contributed by atoms with van der Waals surface area (Å²) in [5.41, 5.74) is 6.07. The highest BCUT2D eigenvalue weighted by atomic mass is 16.1. The Bertz CT molecular complexity index is 633. The fraction of sp³-hybridized carbons (Fsp3) is 0.350. The summed E-state index contributed by atoms with van der Waals surface area (Å²) in [6, 6.07) is 14.5. The maximum Gasteiger partial charge on any atom is 0.159 e. The Labute approximate surface area is 128 Å². The van der Waals surface area contributed by atoms with Gasteiger partial charge in [0.1, 0.15) is 0 Å². The molecule has 0 amide bonds. The molecule has 0 fully saturated rings. The third-order valence-corrected chi connectivity index (χ3v) is 3.94. The van der Waals surface area contributed by atoms with E-state index < -0.39 is 0 Å². The number of carbonyl (C=O) groups is 1. The van der Waals surface area contributed by atoms with Gasteiger partial charge in [-0.2, -0.15) is 0 Å². The van der Waals surface area contributed by atoms with Gasteiger partial charge in [-0.1, -0.05) is 70.2 Å². The molecular weight excluding hydrogens is 256 g/mol. The number of carbonyl (C=O) groups excluding carboxylic acids is 1. The van der Waals surface area contributed by atoms with Crippen LogP contribution in [0.4, 0.5) is 0 Å². The zero-order valence-electron chi connectivity index (χ0n) is 13.6. The van der Waals surface area contributed by atoms with Crippen molar-refractivity contribution < 1.29 is 4.79 Å². The summed E-state index contributed by atoms with van der Waals surface area (Å²) in [5.74, 6) is 1.10. The molecule has 110 valence electrons. The van der Waals surface area contributed by atoms with Crippen molar-refractivity contribution in [2.75, 3.05) is 0 Å². The lowest BCUT2D eigenvalue weighted by molar-refractivity contribution is 0.101. The zero-order valence-corrected chi connectivity index (χ0v) is 13.6. The highest BCUT2D eigenvalue weighted by Gasteiger charge is 2.15. The molecule has 0 atom stereocenters. The minimum atomic E-state index is 0.113. The van der Waals surface area contributed by atoms with Crippen molar-refractivity contribution in [3.63, 3.8) is 0 Å². The van der Waals surface area contributed by atoms with Crippen LogP contribution < -0.4 is 0 Å². The van der Waals surface area contributed by atoms with Gasteiger partial charge in [-0.3, -0.25) is 4.79 Å². The van der Waals surface area contributed by atoms with Gasteiger partial charge in [0.2, 0.25) is 0 Å². The second-order valence-corrected chi connectivity index (χ2v) is 6.25. The Hall–Kier alpha value is -1.89. The van der Waals surface area contributed by atoms with Crippen LogP contribution >= 0.6 is 0 Å². The lowest BCUT2D eigenvalue weighted by Crippen LogP contribution is -2.01. The van der Waals surface area contributed by atoms with Gasteiger partial charge in [-0.25, -0.2) is 0 Å². The molecule has 0 aliphatic carbocycles. The maximum absolute atomic E-state index is 11.4. The van der Waals surface area contributed by atoms with Crippen molar-refractivity contribution in [2.24, 2.45) is 0 Å². The molecule has 0 heterocycles. The first kappa shape index (κ1) is 15.5. The van der Waals surface area contributed by atoms with E-state index in [1.54, 1.807) is 6.92 Å². The van der Waals surface area contributed by atoms with Gasteiger partial charge in [0.15, 0.2) is 5.78 Å². The summed E-state index contributed by atoms with van der Waals surface area (Å²) >= 11 is 0. The van der Waals surface area contributed by atoms with E-state index >= 15 is 0 Å². The lowest BCUT2D eigenvalue weighted by Gasteiger charge is -2.20. The number of Topliss-reactive ketones (excluding diaryl/α,β-unsaturated/α-hetero) is 1. The molecule has 0 saturated carbocycles. The Morgan fingerprint density at radius 2 is 1.48 bits per heavy atom. The van der Waals surface area contributed by atoms with Crippen LogP contribution in [0.25, 0.3) is 11.1 Å². The molecule has 2 aromatic carbocycles. The third kappa shape index (κ3) is 3.24. The highest BCUT2D eigenvalue weighted by Crippen LogP contribution is 2.35. The van der Waals surface area contributed by atoms with E-state index in [0.717, 1.165) is 5.56 Å². The average molecular weight is 280 g/mol. The van der Waals surface area contributed by atoms with E-state index in [2.05, 4.69) is 58.0 Å². The van der Waals surface area contributed by atoms with E-state index in [-0.39, 0.29) is 5.78 Å². The minimum Gasteiger partial charge on any atom is -0.295 e. The van der Waals surface area contributed by atoms with Crippen molar-refractivity contribution in [3.05, 3.63) is 59.2 Å². The topological polar surface area (TPSA) is 17.1 Å². The predicted molar refractivity (Wildman–Crippen MR) is 90.1 cm³/mol. The predicted octanol–water partition coefficient (Wildman–Crippen LogP) is 5.80. The standard InChI is InChI=1S/C20H24O/c1-13(2)18-7-6-8-19(20(18)14(3)4)17-11-9-16(10-12-17)15(5)21/h6-14H,1-5H3. The van der Waals surface area contributed by atoms with Crippen LogP contribution in [0.15, 0.2) is 42.5 Å². The first-order valence-corrected chi connectivity index (χ1v) is 7.66. The summed E-state index contributed by atoms with van der Waals surface area (Å²) in [7, 11) is 0. The fourth-order valence-electron chi connectivity index (χ4n) is 2.87. The van der Waals surface area contributed by atoms with E-state index in [9.17, 15) is 4.79 Å². The summed E-state index contributed by atoms with van der Waals surface area (Å²) in [6.45, 7) is 10.6. The molecule has 0 bridgehead atoms. The van der Waals surface area contributed by atoms with Crippen LogP contribution in [-0.2, 0) is 0 Å². The second-order valence-electron chi connectivity index (χ2n) is 6.25. The van der Waals surface area contributed by atoms with Gasteiger partial charge in [0.25, 0.3) is 0 Å². The van der Waals surface area contributed by atoms with Gasteiger partial charge >= 0.3 is 0 Å². The van der Waals surface area contributed by atoms with Crippen LogP contribution in [0, 0.1) is 0 Å². The van der Waals surface area contributed by atoms with Gasteiger partial charge in [-0.15, -0.1) is 0 Å². The van der Waals surface area contributed by atoms with Gasteiger partial charge < -0.3 is 0 Å². The molecule has 0 unspecified atom stereocenters. The van der Waals surface area contributed by atoms with Crippen molar-refractivity contribution in [1.82, 2.24) is 0 Å². The monoisotopic (exact) mass is 280 g/mol. The average Bonchev–Trinajstić information content (AvgIpc) is 2.46. The Morgan fingerprint density at radius 1 is 0.857 bits per heavy atom. The Balaban J connectivity index is 2.57. The summed E-state index contributed by atoms with van der Waals surface area (Å²) < 4.78 is 0. The SMILES string of the molecule is CC(=O)c1ccc(-c2cccc(C(C)C)c2C(C)C)cc1. The molecule has 21 heavy (non-hydrogen) atoms. The van der Waals surface area contributed by atoms with Crippen LogP contribution in [0.2, 0.25) is 0 Å². The molecule has 1 heteroatoms. The number of hydrogen-bond donors (Lipinski definition) is 0. The molecule has 2 rings (SSSR count). The lowest BCUT2D eigenvalue weighted by atomic mass is 9.84. The first-order chi connectivity index (χ1) is 9.91. The number of hydrogen-bond acceptors (Lipinski definition) is 1. The number of ketones is 1.